The van der Waals surface area contributed by atoms with Gasteiger partial charge in [0, 0.05) is 11.6 Å². The normalized spacial score (nSPS) is 19.8. The second kappa shape index (κ2) is 5.21. The number of carbonyl (C=O) groups is 1. The zero-order valence-corrected chi connectivity index (χ0v) is 11.2. The summed E-state index contributed by atoms with van der Waals surface area (Å²) in [6.07, 6.45) is 2.08. The second-order valence-corrected chi connectivity index (χ2v) is 5.47. The highest BCUT2D eigenvalue weighted by Crippen LogP contribution is 2.28. The Balaban J connectivity index is 1.67. The van der Waals surface area contributed by atoms with Crippen LogP contribution < -0.4 is 15.4 Å². The fourth-order valence-corrected chi connectivity index (χ4v) is 2.57. The predicted octanol–water partition coefficient (Wildman–Crippen LogP) is 1.81. The Hall–Kier alpha value is -1.55. The molecule has 0 bridgehead atoms. The van der Waals surface area contributed by atoms with Gasteiger partial charge in [-0.05, 0) is 55.6 Å². The van der Waals surface area contributed by atoms with Crippen molar-refractivity contribution in [1.82, 2.24) is 5.32 Å². The Morgan fingerprint density at radius 2 is 2.32 bits per heavy atom. The highest BCUT2D eigenvalue weighted by molar-refractivity contribution is 5.92. The minimum atomic E-state index is 0.0635. The molecule has 102 valence electrons. The highest BCUT2D eigenvalue weighted by atomic mass is 16.5. The molecule has 3 rings (SSSR count). The number of aryl methyl sites for hydroxylation is 1. The van der Waals surface area contributed by atoms with Crippen molar-refractivity contribution < 1.29 is 9.53 Å². The second-order valence-electron chi connectivity index (χ2n) is 5.47. The van der Waals surface area contributed by atoms with Gasteiger partial charge in [0.05, 0.1) is 6.61 Å². The van der Waals surface area contributed by atoms with Crippen molar-refractivity contribution in [2.75, 3.05) is 25.0 Å². The van der Waals surface area contributed by atoms with E-state index in [-0.39, 0.29) is 11.8 Å². The molecule has 1 unspecified atom stereocenters. The number of ether oxygens (including phenoxy) is 1. The number of benzene rings is 1. The molecule has 0 aliphatic carbocycles. The van der Waals surface area contributed by atoms with Crippen LogP contribution in [-0.2, 0) is 11.2 Å². The van der Waals surface area contributed by atoms with E-state index in [1.165, 1.54) is 5.56 Å². The van der Waals surface area contributed by atoms with E-state index >= 15 is 0 Å². The van der Waals surface area contributed by atoms with E-state index in [2.05, 4.69) is 10.6 Å². The van der Waals surface area contributed by atoms with E-state index in [9.17, 15) is 4.79 Å². The molecule has 1 amide bonds. The summed E-state index contributed by atoms with van der Waals surface area (Å²) in [6, 6.07) is 5.92. The van der Waals surface area contributed by atoms with Crippen molar-refractivity contribution in [2.24, 2.45) is 11.8 Å². The summed E-state index contributed by atoms with van der Waals surface area (Å²) >= 11 is 0. The van der Waals surface area contributed by atoms with Gasteiger partial charge in [0.25, 0.3) is 0 Å². The number of hydrogen-bond acceptors (Lipinski definition) is 3. The average Bonchev–Trinajstić information content (AvgIpc) is 2.36. The number of carbonyl (C=O) groups excluding carboxylic acids is 1. The minimum absolute atomic E-state index is 0.0635. The molecule has 0 spiro atoms. The number of rotatable bonds is 3. The van der Waals surface area contributed by atoms with Gasteiger partial charge in [-0.2, -0.15) is 0 Å². The molecule has 1 aromatic carbocycles. The summed E-state index contributed by atoms with van der Waals surface area (Å²) in [7, 11) is 0. The number of anilines is 1. The van der Waals surface area contributed by atoms with Gasteiger partial charge in [0.2, 0.25) is 5.91 Å². The van der Waals surface area contributed by atoms with Crippen LogP contribution in [0.4, 0.5) is 5.69 Å². The topological polar surface area (TPSA) is 50.4 Å². The first-order chi connectivity index (χ1) is 9.24. The number of nitrogens with one attached hydrogen (secondary N) is 2. The third-order valence-corrected chi connectivity index (χ3v) is 4.11. The van der Waals surface area contributed by atoms with E-state index in [0.29, 0.717) is 5.92 Å². The summed E-state index contributed by atoms with van der Waals surface area (Å²) in [5, 5.41) is 6.22. The molecule has 4 nitrogen and oxygen atoms in total. The first kappa shape index (κ1) is 12.5. The molecule has 0 radical (unpaired) electrons. The van der Waals surface area contributed by atoms with E-state index in [4.69, 9.17) is 4.74 Å². The Morgan fingerprint density at radius 1 is 1.47 bits per heavy atom. The Labute approximate surface area is 113 Å². The van der Waals surface area contributed by atoms with Gasteiger partial charge >= 0.3 is 0 Å². The highest BCUT2D eigenvalue weighted by Gasteiger charge is 2.28. The Morgan fingerprint density at radius 3 is 3.05 bits per heavy atom. The molecule has 0 saturated carbocycles. The summed E-state index contributed by atoms with van der Waals surface area (Å²) in [6.45, 7) is 4.70. The van der Waals surface area contributed by atoms with Gasteiger partial charge in [0.1, 0.15) is 5.75 Å². The van der Waals surface area contributed by atoms with Gasteiger partial charge in [0.15, 0.2) is 0 Å². The van der Waals surface area contributed by atoms with Crippen LogP contribution in [0, 0.1) is 11.8 Å². The van der Waals surface area contributed by atoms with Crippen LogP contribution in [-0.4, -0.2) is 25.6 Å². The van der Waals surface area contributed by atoms with Crippen molar-refractivity contribution >= 4 is 11.6 Å². The van der Waals surface area contributed by atoms with Crippen molar-refractivity contribution in [3.05, 3.63) is 23.8 Å². The SMILES string of the molecule is CC(C(=O)Nc1ccc2c(c1)CCCO2)C1CNC1. The third-order valence-electron chi connectivity index (χ3n) is 4.11. The van der Waals surface area contributed by atoms with Crippen LogP contribution in [0.15, 0.2) is 18.2 Å². The predicted molar refractivity (Wildman–Crippen MR) is 74.4 cm³/mol. The lowest BCUT2D eigenvalue weighted by Crippen LogP contribution is -2.48. The van der Waals surface area contributed by atoms with Gasteiger partial charge in [-0.25, -0.2) is 0 Å². The fraction of sp³-hybridized carbons (Fsp3) is 0.533. The molecular formula is C15H20N2O2. The monoisotopic (exact) mass is 260 g/mol. The largest absolute Gasteiger partial charge is 0.493 e. The molecule has 2 aliphatic rings. The molecule has 1 atom stereocenters. The standard InChI is InChI=1S/C15H20N2O2/c1-10(12-8-16-9-12)15(18)17-13-4-5-14-11(7-13)3-2-6-19-14/h4-5,7,10,12,16H,2-3,6,8-9H2,1H3,(H,17,18). The maximum atomic E-state index is 12.1. The van der Waals surface area contributed by atoms with E-state index in [1.807, 2.05) is 25.1 Å². The van der Waals surface area contributed by atoms with Crippen LogP contribution in [0.25, 0.3) is 0 Å². The van der Waals surface area contributed by atoms with Crippen LogP contribution in [0.1, 0.15) is 18.9 Å². The fourth-order valence-electron chi connectivity index (χ4n) is 2.57. The quantitative estimate of drug-likeness (QED) is 0.871. The molecule has 1 saturated heterocycles. The van der Waals surface area contributed by atoms with Crippen molar-refractivity contribution in [3.63, 3.8) is 0 Å². The summed E-state index contributed by atoms with van der Waals surface area (Å²) in [5.74, 6) is 1.61. The zero-order valence-electron chi connectivity index (χ0n) is 11.2. The summed E-state index contributed by atoms with van der Waals surface area (Å²) < 4.78 is 5.57. The zero-order chi connectivity index (χ0) is 13.2. The van der Waals surface area contributed by atoms with Crippen LogP contribution >= 0.6 is 0 Å². The van der Waals surface area contributed by atoms with Crippen molar-refractivity contribution in [1.29, 1.82) is 0 Å². The molecule has 2 N–H and O–H groups in total. The molecule has 4 heteroatoms. The van der Waals surface area contributed by atoms with Gasteiger partial charge in [-0.3, -0.25) is 4.79 Å². The molecule has 2 heterocycles. The van der Waals surface area contributed by atoms with Crippen LogP contribution in [0.5, 0.6) is 5.75 Å². The number of fused-ring (bicyclic) bond motifs is 1. The van der Waals surface area contributed by atoms with Crippen LogP contribution in [0.3, 0.4) is 0 Å². The lowest BCUT2D eigenvalue weighted by molar-refractivity contribution is -0.121. The molecule has 19 heavy (non-hydrogen) atoms. The molecular weight excluding hydrogens is 240 g/mol. The Bertz CT molecular complexity index is 483. The third kappa shape index (κ3) is 2.59. The van der Waals surface area contributed by atoms with Crippen LogP contribution in [0.2, 0.25) is 0 Å². The van der Waals surface area contributed by atoms with Crippen molar-refractivity contribution in [2.45, 2.75) is 19.8 Å². The molecule has 0 aromatic heterocycles. The van der Waals surface area contributed by atoms with Gasteiger partial charge in [-0.1, -0.05) is 6.92 Å². The van der Waals surface area contributed by atoms with E-state index in [0.717, 1.165) is 44.0 Å². The van der Waals surface area contributed by atoms with Gasteiger partial charge in [-0.15, -0.1) is 0 Å². The van der Waals surface area contributed by atoms with Crippen molar-refractivity contribution in [3.8, 4) is 5.75 Å². The lowest BCUT2D eigenvalue weighted by Gasteiger charge is -2.31. The minimum Gasteiger partial charge on any atom is -0.493 e. The van der Waals surface area contributed by atoms with E-state index in [1.54, 1.807) is 0 Å². The Kier molecular flexibility index (Phi) is 3.42. The lowest BCUT2D eigenvalue weighted by atomic mass is 9.88. The summed E-state index contributed by atoms with van der Waals surface area (Å²) in [5.41, 5.74) is 2.08. The van der Waals surface area contributed by atoms with E-state index < -0.39 is 0 Å². The number of hydrogen-bond donors (Lipinski definition) is 2. The molecule has 2 aliphatic heterocycles. The summed E-state index contributed by atoms with van der Waals surface area (Å²) in [4.78, 5) is 12.1. The first-order valence-electron chi connectivity index (χ1n) is 7.01. The maximum Gasteiger partial charge on any atom is 0.227 e. The smallest absolute Gasteiger partial charge is 0.227 e. The number of amides is 1. The van der Waals surface area contributed by atoms with Gasteiger partial charge < -0.3 is 15.4 Å². The average molecular weight is 260 g/mol. The maximum absolute atomic E-state index is 12.1. The molecule has 1 aromatic rings. The molecule has 1 fully saturated rings. The first-order valence-corrected chi connectivity index (χ1v) is 7.01.